The number of nitrogens with zero attached hydrogens (tertiary/aromatic N) is 1. The van der Waals surface area contributed by atoms with E-state index in [4.69, 9.17) is 9.84 Å². The first kappa shape index (κ1) is 18.4. The van der Waals surface area contributed by atoms with E-state index >= 15 is 0 Å². The molecular weight excluding hydrogens is 308 g/mol. The summed E-state index contributed by atoms with van der Waals surface area (Å²) in [7, 11) is 0. The van der Waals surface area contributed by atoms with E-state index in [1.165, 1.54) is 0 Å². The second kappa shape index (κ2) is 8.80. The van der Waals surface area contributed by atoms with Crippen molar-refractivity contribution in [3.05, 3.63) is 35.9 Å². The lowest BCUT2D eigenvalue weighted by Crippen LogP contribution is -2.43. The van der Waals surface area contributed by atoms with Gasteiger partial charge in [0, 0.05) is 25.7 Å². The van der Waals surface area contributed by atoms with Crippen molar-refractivity contribution >= 4 is 11.9 Å². The highest BCUT2D eigenvalue weighted by Crippen LogP contribution is 2.26. The topological polar surface area (TPSA) is 78.9 Å². The van der Waals surface area contributed by atoms with Gasteiger partial charge in [-0.15, -0.1) is 0 Å². The first-order valence-electron chi connectivity index (χ1n) is 8.39. The molecule has 1 fully saturated rings. The first-order valence-corrected chi connectivity index (χ1v) is 8.39. The second-order valence-corrected chi connectivity index (χ2v) is 6.24. The van der Waals surface area contributed by atoms with Crippen molar-refractivity contribution in [1.82, 2.24) is 10.2 Å². The molecule has 132 valence electrons. The Labute approximate surface area is 142 Å². The smallest absolute Gasteiger partial charge is 0.311 e. The Bertz CT molecular complexity index is 549. The Morgan fingerprint density at radius 1 is 1.29 bits per heavy atom. The minimum atomic E-state index is -0.473. The van der Waals surface area contributed by atoms with Crippen LogP contribution in [0.3, 0.4) is 0 Å². The molecule has 1 aliphatic heterocycles. The number of aliphatic hydroxyl groups is 1. The Hall–Kier alpha value is -1.92. The molecule has 6 nitrogen and oxygen atoms in total. The summed E-state index contributed by atoms with van der Waals surface area (Å²) in [4.78, 5) is 26.8. The maximum Gasteiger partial charge on any atom is 0.311 e. The van der Waals surface area contributed by atoms with Gasteiger partial charge in [-0.1, -0.05) is 30.3 Å². The highest BCUT2D eigenvalue weighted by atomic mass is 16.5. The summed E-state index contributed by atoms with van der Waals surface area (Å²) in [5.74, 6) is -1.46. The van der Waals surface area contributed by atoms with Gasteiger partial charge in [0.15, 0.2) is 0 Å². The van der Waals surface area contributed by atoms with Crippen LogP contribution in [-0.4, -0.2) is 54.2 Å². The van der Waals surface area contributed by atoms with E-state index in [1.54, 1.807) is 13.8 Å². The Morgan fingerprint density at radius 2 is 1.96 bits per heavy atom. The van der Waals surface area contributed by atoms with Crippen LogP contribution in [0.4, 0.5) is 0 Å². The number of rotatable bonds is 7. The van der Waals surface area contributed by atoms with Crippen molar-refractivity contribution in [2.75, 3.05) is 26.3 Å². The van der Waals surface area contributed by atoms with Crippen LogP contribution < -0.4 is 5.32 Å². The fourth-order valence-electron chi connectivity index (χ4n) is 3.01. The highest BCUT2D eigenvalue weighted by molar-refractivity contribution is 5.86. The van der Waals surface area contributed by atoms with Gasteiger partial charge in [-0.25, -0.2) is 0 Å². The molecule has 24 heavy (non-hydrogen) atoms. The monoisotopic (exact) mass is 334 g/mol. The van der Waals surface area contributed by atoms with Crippen molar-refractivity contribution in [2.24, 2.45) is 11.8 Å². The summed E-state index contributed by atoms with van der Waals surface area (Å²) in [5.41, 5.74) is 1.14. The van der Waals surface area contributed by atoms with Crippen molar-refractivity contribution < 1.29 is 19.4 Å². The number of benzene rings is 1. The molecule has 6 heteroatoms. The van der Waals surface area contributed by atoms with Gasteiger partial charge < -0.3 is 15.2 Å². The van der Waals surface area contributed by atoms with Crippen LogP contribution >= 0.6 is 0 Å². The van der Waals surface area contributed by atoms with E-state index in [-0.39, 0.29) is 24.5 Å². The zero-order chi connectivity index (χ0) is 17.5. The minimum Gasteiger partial charge on any atom is -0.466 e. The summed E-state index contributed by atoms with van der Waals surface area (Å²) >= 11 is 0. The molecular formula is C18H26N2O4. The summed E-state index contributed by atoms with van der Waals surface area (Å²) < 4.78 is 5.14. The molecule has 3 atom stereocenters. The van der Waals surface area contributed by atoms with Gasteiger partial charge in [-0.05, 0) is 19.4 Å². The van der Waals surface area contributed by atoms with Crippen molar-refractivity contribution in [2.45, 2.75) is 26.4 Å². The quantitative estimate of drug-likeness (QED) is 0.721. The van der Waals surface area contributed by atoms with Crippen LogP contribution in [0.5, 0.6) is 0 Å². The van der Waals surface area contributed by atoms with Gasteiger partial charge in [0.2, 0.25) is 5.91 Å². The molecule has 1 aromatic rings. The van der Waals surface area contributed by atoms with E-state index in [9.17, 15) is 9.59 Å². The number of aliphatic hydroxyl groups excluding tert-OH is 1. The van der Waals surface area contributed by atoms with Crippen molar-refractivity contribution in [1.29, 1.82) is 0 Å². The fraction of sp³-hybridized carbons (Fsp3) is 0.556. The number of likely N-dealkylation sites (tertiary alicyclic amines) is 1. The maximum absolute atomic E-state index is 12.5. The van der Waals surface area contributed by atoms with Crippen LogP contribution in [0.15, 0.2) is 30.3 Å². The number of carbonyl (C=O) groups is 2. The largest absolute Gasteiger partial charge is 0.466 e. The van der Waals surface area contributed by atoms with Gasteiger partial charge in [0.25, 0.3) is 0 Å². The predicted molar refractivity (Wildman–Crippen MR) is 90.0 cm³/mol. The summed E-state index contributed by atoms with van der Waals surface area (Å²) in [6.45, 7) is 5.36. The molecule has 0 spiro atoms. The SMILES string of the molecule is CCOC(=O)[C@H]1CN(Cc2ccccc2)C[C@@H]1C(=O)NC(C)CO. The molecule has 0 saturated carbocycles. The Balaban J connectivity index is 2.07. The number of hydrogen-bond donors (Lipinski definition) is 2. The zero-order valence-corrected chi connectivity index (χ0v) is 14.3. The van der Waals surface area contributed by atoms with E-state index in [0.29, 0.717) is 26.2 Å². The second-order valence-electron chi connectivity index (χ2n) is 6.24. The molecule has 1 aromatic carbocycles. The standard InChI is InChI=1S/C18H26N2O4/c1-3-24-18(23)16-11-20(9-14-7-5-4-6-8-14)10-15(16)17(22)19-13(2)12-21/h4-8,13,15-16,21H,3,9-12H2,1-2H3,(H,19,22)/t13?,15-,16-/m0/s1. The molecule has 0 aliphatic carbocycles. The third kappa shape index (κ3) is 4.79. The van der Waals surface area contributed by atoms with Crippen LogP contribution in [-0.2, 0) is 20.9 Å². The molecule has 0 bridgehead atoms. The Kier molecular flexibility index (Phi) is 6.75. The number of ether oxygens (including phenoxy) is 1. The van der Waals surface area contributed by atoms with Crippen molar-refractivity contribution in [3.8, 4) is 0 Å². The molecule has 0 radical (unpaired) electrons. The van der Waals surface area contributed by atoms with Gasteiger partial charge in [0.05, 0.1) is 25.0 Å². The molecule has 1 aliphatic rings. The summed E-state index contributed by atoms with van der Waals surface area (Å²) in [6.07, 6.45) is 0. The molecule has 0 aromatic heterocycles. The molecule has 1 saturated heterocycles. The van der Waals surface area contributed by atoms with E-state index in [2.05, 4.69) is 10.2 Å². The zero-order valence-electron chi connectivity index (χ0n) is 14.3. The van der Waals surface area contributed by atoms with Gasteiger partial charge in [0.1, 0.15) is 0 Å². The van der Waals surface area contributed by atoms with Gasteiger partial charge >= 0.3 is 5.97 Å². The van der Waals surface area contributed by atoms with Crippen LogP contribution in [0.1, 0.15) is 19.4 Å². The lowest BCUT2D eigenvalue weighted by atomic mass is 9.95. The number of hydrogen-bond acceptors (Lipinski definition) is 5. The van der Waals surface area contributed by atoms with Crippen molar-refractivity contribution in [3.63, 3.8) is 0 Å². The lowest BCUT2D eigenvalue weighted by Gasteiger charge is -2.19. The van der Waals surface area contributed by atoms with Crippen LogP contribution in [0.25, 0.3) is 0 Å². The lowest BCUT2D eigenvalue weighted by molar-refractivity contribution is -0.151. The summed E-state index contributed by atoms with van der Waals surface area (Å²) in [5, 5.41) is 11.9. The third-order valence-electron chi connectivity index (χ3n) is 4.23. The molecule has 1 heterocycles. The number of esters is 1. The molecule has 2 rings (SSSR count). The number of amides is 1. The maximum atomic E-state index is 12.5. The van der Waals surface area contributed by atoms with Crippen LogP contribution in [0, 0.1) is 11.8 Å². The van der Waals surface area contributed by atoms with E-state index < -0.39 is 11.8 Å². The Morgan fingerprint density at radius 3 is 2.58 bits per heavy atom. The van der Waals surface area contributed by atoms with E-state index in [0.717, 1.165) is 5.56 Å². The van der Waals surface area contributed by atoms with Gasteiger partial charge in [-0.3, -0.25) is 14.5 Å². The number of nitrogens with one attached hydrogen (secondary N) is 1. The van der Waals surface area contributed by atoms with Crippen LogP contribution in [0.2, 0.25) is 0 Å². The fourth-order valence-corrected chi connectivity index (χ4v) is 3.01. The molecule has 1 amide bonds. The van der Waals surface area contributed by atoms with E-state index in [1.807, 2.05) is 30.3 Å². The first-order chi connectivity index (χ1) is 11.5. The normalized spacial score (nSPS) is 22.1. The number of carbonyl (C=O) groups excluding carboxylic acids is 2. The van der Waals surface area contributed by atoms with Gasteiger partial charge in [-0.2, -0.15) is 0 Å². The molecule has 2 N–H and O–H groups in total. The summed E-state index contributed by atoms with van der Waals surface area (Å²) in [6, 6.07) is 9.63. The third-order valence-corrected chi connectivity index (χ3v) is 4.23. The predicted octanol–water partition coefficient (Wildman–Crippen LogP) is 0.795. The average molecular weight is 334 g/mol. The highest BCUT2D eigenvalue weighted by Gasteiger charge is 2.42. The molecule has 1 unspecified atom stereocenters. The minimum absolute atomic E-state index is 0.129. The average Bonchev–Trinajstić information content (AvgIpc) is 3.00.